The zero-order valence-corrected chi connectivity index (χ0v) is 14.2. The minimum Gasteiger partial charge on any atom is -0.369 e. The Hall–Kier alpha value is -1.20. The van der Waals surface area contributed by atoms with Crippen molar-refractivity contribution in [3.05, 3.63) is 24.3 Å². The second kappa shape index (κ2) is 6.50. The maximum atomic E-state index is 12.6. The van der Waals surface area contributed by atoms with E-state index in [9.17, 15) is 4.79 Å². The Labute approximate surface area is 137 Å². The molecule has 1 saturated heterocycles. The van der Waals surface area contributed by atoms with Gasteiger partial charge in [-0.1, -0.05) is 19.1 Å². The molecule has 0 aliphatic carbocycles. The zero-order chi connectivity index (χ0) is 15.6. The summed E-state index contributed by atoms with van der Waals surface area (Å²) >= 11 is 1.92. The van der Waals surface area contributed by atoms with E-state index in [1.54, 1.807) is 0 Å². The molecule has 1 aromatic rings. The van der Waals surface area contributed by atoms with Gasteiger partial charge in [-0.3, -0.25) is 4.79 Å². The SMILES string of the molecule is CSC(C)CCN1CCC2(CC1)Nc1ccccc1NC2=O. The number of amides is 1. The monoisotopic (exact) mass is 319 g/mol. The summed E-state index contributed by atoms with van der Waals surface area (Å²) in [6, 6.07) is 7.96. The third-order valence-corrected chi connectivity index (χ3v) is 5.99. The van der Waals surface area contributed by atoms with Crippen molar-refractivity contribution < 1.29 is 4.79 Å². The van der Waals surface area contributed by atoms with Crippen molar-refractivity contribution in [3.63, 3.8) is 0 Å². The molecule has 2 heterocycles. The average Bonchev–Trinajstić information content (AvgIpc) is 2.55. The lowest BCUT2D eigenvalue weighted by molar-refractivity contribution is -0.122. The number of likely N-dealkylation sites (tertiary alicyclic amines) is 1. The first-order chi connectivity index (χ1) is 10.6. The molecule has 22 heavy (non-hydrogen) atoms. The van der Waals surface area contributed by atoms with Crippen LogP contribution in [0.4, 0.5) is 11.4 Å². The Bertz CT molecular complexity index is 540. The van der Waals surface area contributed by atoms with Crippen molar-refractivity contribution in [3.8, 4) is 0 Å². The summed E-state index contributed by atoms with van der Waals surface area (Å²) in [6.07, 6.45) is 5.14. The molecule has 1 aromatic carbocycles. The molecule has 2 N–H and O–H groups in total. The molecule has 120 valence electrons. The van der Waals surface area contributed by atoms with Gasteiger partial charge >= 0.3 is 0 Å². The highest BCUT2D eigenvalue weighted by Gasteiger charge is 2.44. The van der Waals surface area contributed by atoms with Crippen LogP contribution in [-0.4, -0.2) is 47.5 Å². The van der Waals surface area contributed by atoms with Crippen molar-refractivity contribution in [2.75, 3.05) is 36.5 Å². The first-order valence-corrected chi connectivity index (χ1v) is 9.35. The molecule has 0 bridgehead atoms. The van der Waals surface area contributed by atoms with Gasteiger partial charge in [0, 0.05) is 18.3 Å². The third kappa shape index (κ3) is 3.10. The van der Waals surface area contributed by atoms with Crippen molar-refractivity contribution in [1.29, 1.82) is 0 Å². The number of hydrogen-bond donors (Lipinski definition) is 2. The van der Waals surface area contributed by atoms with Gasteiger partial charge in [0.1, 0.15) is 5.54 Å². The van der Waals surface area contributed by atoms with E-state index in [0.717, 1.165) is 43.9 Å². The van der Waals surface area contributed by atoms with E-state index in [4.69, 9.17) is 0 Å². The Morgan fingerprint density at radius 3 is 2.64 bits per heavy atom. The molecule has 2 aliphatic heterocycles. The number of carbonyl (C=O) groups is 1. The third-order valence-electron chi connectivity index (χ3n) is 4.95. The van der Waals surface area contributed by atoms with Crippen molar-refractivity contribution in [2.45, 2.75) is 37.0 Å². The fourth-order valence-corrected chi connectivity index (χ4v) is 3.59. The molecular weight excluding hydrogens is 294 g/mol. The molecule has 0 aromatic heterocycles. The summed E-state index contributed by atoms with van der Waals surface area (Å²) < 4.78 is 0. The first-order valence-electron chi connectivity index (χ1n) is 8.07. The van der Waals surface area contributed by atoms with Crippen molar-refractivity contribution in [2.24, 2.45) is 0 Å². The highest BCUT2D eigenvalue weighted by atomic mass is 32.2. The topological polar surface area (TPSA) is 44.4 Å². The van der Waals surface area contributed by atoms with Crippen LogP contribution < -0.4 is 10.6 Å². The summed E-state index contributed by atoms with van der Waals surface area (Å²) in [4.78, 5) is 15.1. The maximum Gasteiger partial charge on any atom is 0.250 e. The second-order valence-corrected chi connectivity index (χ2v) is 7.66. The van der Waals surface area contributed by atoms with Gasteiger partial charge in [0.2, 0.25) is 5.91 Å². The smallest absolute Gasteiger partial charge is 0.250 e. The van der Waals surface area contributed by atoms with Crippen molar-refractivity contribution in [1.82, 2.24) is 4.90 Å². The standard InChI is InChI=1S/C17H25N3OS/c1-13(22-2)7-10-20-11-8-17(9-12-20)16(21)18-14-5-3-4-6-15(14)19-17/h3-6,13,19H,7-12H2,1-2H3,(H,18,21). The Morgan fingerprint density at radius 2 is 1.95 bits per heavy atom. The predicted molar refractivity (Wildman–Crippen MR) is 94.7 cm³/mol. The highest BCUT2D eigenvalue weighted by molar-refractivity contribution is 7.99. The van der Waals surface area contributed by atoms with Gasteiger partial charge in [0.05, 0.1) is 11.4 Å². The maximum absolute atomic E-state index is 12.6. The van der Waals surface area contributed by atoms with Crippen LogP contribution in [0.3, 0.4) is 0 Å². The van der Waals surface area contributed by atoms with Gasteiger partial charge in [0.15, 0.2) is 0 Å². The fourth-order valence-electron chi connectivity index (χ4n) is 3.25. The number of hydrogen-bond acceptors (Lipinski definition) is 4. The van der Waals surface area contributed by atoms with Crippen LogP contribution in [0.15, 0.2) is 24.3 Å². The molecule has 5 heteroatoms. The molecule has 1 amide bonds. The first kappa shape index (κ1) is 15.7. The number of para-hydroxylation sites is 2. The summed E-state index contributed by atoms with van der Waals surface area (Å²) in [7, 11) is 0. The lowest BCUT2D eigenvalue weighted by Gasteiger charge is -2.44. The van der Waals surface area contributed by atoms with Gasteiger partial charge in [0.25, 0.3) is 0 Å². The number of rotatable bonds is 4. The van der Waals surface area contributed by atoms with E-state index < -0.39 is 5.54 Å². The molecule has 0 saturated carbocycles. The van der Waals surface area contributed by atoms with E-state index in [2.05, 4.69) is 28.7 Å². The van der Waals surface area contributed by atoms with E-state index in [-0.39, 0.29) is 5.91 Å². The number of carbonyl (C=O) groups excluding carboxylic acids is 1. The number of anilines is 2. The fraction of sp³-hybridized carbons (Fsp3) is 0.588. The number of piperidine rings is 1. The van der Waals surface area contributed by atoms with Gasteiger partial charge in [-0.05, 0) is 44.2 Å². The molecular formula is C17H25N3OS. The molecule has 1 spiro atoms. The molecule has 3 rings (SSSR count). The van der Waals surface area contributed by atoms with Gasteiger partial charge < -0.3 is 15.5 Å². The Morgan fingerprint density at radius 1 is 1.27 bits per heavy atom. The van der Waals surface area contributed by atoms with Gasteiger partial charge in [-0.25, -0.2) is 0 Å². The summed E-state index contributed by atoms with van der Waals surface area (Å²) in [6.45, 7) is 5.40. The van der Waals surface area contributed by atoms with Gasteiger partial charge in [-0.15, -0.1) is 0 Å². The number of nitrogens with zero attached hydrogens (tertiary/aromatic N) is 1. The van der Waals surface area contributed by atoms with E-state index in [0.29, 0.717) is 5.25 Å². The number of thioether (sulfide) groups is 1. The minimum absolute atomic E-state index is 0.128. The number of fused-ring (bicyclic) bond motifs is 1. The quantitative estimate of drug-likeness (QED) is 0.895. The van der Waals surface area contributed by atoms with E-state index >= 15 is 0 Å². The normalized spacial score (nSPS) is 21.8. The lowest BCUT2D eigenvalue weighted by Crippen LogP contribution is -2.58. The number of nitrogens with one attached hydrogen (secondary N) is 2. The predicted octanol–water partition coefficient (Wildman–Crippen LogP) is 3.03. The molecule has 4 nitrogen and oxygen atoms in total. The summed E-state index contributed by atoms with van der Waals surface area (Å²) in [5.41, 5.74) is 1.52. The van der Waals surface area contributed by atoms with Crippen LogP contribution >= 0.6 is 11.8 Å². The van der Waals surface area contributed by atoms with Crippen molar-refractivity contribution >= 4 is 29.0 Å². The Balaban J connectivity index is 1.62. The molecule has 1 atom stereocenters. The average molecular weight is 319 g/mol. The summed E-state index contributed by atoms with van der Waals surface area (Å²) in [5.74, 6) is 0.128. The highest BCUT2D eigenvalue weighted by Crippen LogP contribution is 2.36. The van der Waals surface area contributed by atoms with Crippen LogP contribution in [0.5, 0.6) is 0 Å². The van der Waals surface area contributed by atoms with Crippen LogP contribution in [0.1, 0.15) is 26.2 Å². The lowest BCUT2D eigenvalue weighted by atomic mass is 9.84. The number of benzene rings is 1. The zero-order valence-electron chi connectivity index (χ0n) is 13.4. The van der Waals surface area contributed by atoms with Crippen LogP contribution in [0.25, 0.3) is 0 Å². The van der Waals surface area contributed by atoms with Crippen LogP contribution in [-0.2, 0) is 4.79 Å². The van der Waals surface area contributed by atoms with E-state index in [1.165, 1.54) is 6.42 Å². The van der Waals surface area contributed by atoms with Crippen LogP contribution in [0, 0.1) is 0 Å². The molecule has 0 radical (unpaired) electrons. The second-order valence-electron chi connectivity index (χ2n) is 6.38. The Kier molecular flexibility index (Phi) is 4.64. The molecule has 1 fully saturated rings. The summed E-state index contributed by atoms with van der Waals surface area (Å²) in [5, 5.41) is 7.29. The molecule has 1 unspecified atom stereocenters. The molecule has 2 aliphatic rings. The van der Waals surface area contributed by atoms with E-state index in [1.807, 2.05) is 36.0 Å². The van der Waals surface area contributed by atoms with Crippen LogP contribution in [0.2, 0.25) is 0 Å². The minimum atomic E-state index is -0.421. The largest absolute Gasteiger partial charge is 0.369 e. The van der Waals surface area contributed by atoms with Gasteiger partial charge in [-0.2, -0.15) is 11.8 Å².